The van der Waals surface area contributed by atoms with Gasteiger partial charge in [0.1, 0.15) is 23.7 Å². The van der Waals surface area contributed by atoms with Gasteiger partial charge in [-0.1, -0.05) is 54.6 Å². The van der Waals surface area contributed by atoms with Crippen LogP contribution < -0.4 is 9.47 Å². The van der Waals surface area contributed by atoms with Gasteiger partial charge in [-0.2, -0.15) is 0 Å². The molecule has 0 aliphatic rings. The molecule has 4 N–H and O–H groups in total. The van der Waals surface area contributed by atoms with Gasteiger partial charge >= 0.3 is 0 Å². The molecule has 0 aliphatic carbocycles. The quantitative estimate of drug-likeness (QED) is 0.211. The van der Waals surface area contributed by atoms with Crippen molar-refractivity contribution in [3.05, 3.63) is 143 Å². The molecule has 2 aromatic heterocycles. The lowest BCUT2D eigenvalue weighted by molar-refractivity contribution is 0.215. The number of aromatic nitrogens is 2. The Morgan fingerprint density at radius 3 is 1.30 bits per heavy atom. The monoisotopic (exact) mass is 494 g/mol. The summed E-state index contributed by atoms with van der Waals surface area (Å²) in [5, 5.41) is 22.0. The third-order valence-electron chi connectivity index (χ3n) is 6.67. The Bertz CT molecular complexity index is 1330. The van der Waals surface area contributed by atoms with Crippen molar-refractivity contribution in [2.24, 2.45) is 0 Å². The Morgan fingerprint density at radius 1 is 0.486 bits per heavy atom. The molecule has 188 valence electrons. The highest BCUT2D eigenvalue weighted by Crippen LogP contribution is 2.34. The first-order chi connectivity index (χ1) is 18.1. The summed E-state index contributed by atoms with van der Waals surface area (Å²) >= 11 is 0. The number of hydrogen-bond donors (Lipinski definition) is 4. The molecule has 0 saturated carbocycles. The highest BCUT2D eigenvalue weighted by atomic mass is 16.5. The molecule has 2 heterocycles. The molecule has 0 radical (unpaired) electrons. The average Bonchev–Trinajstić information content (AvgIpc) is 3.64. The van der Waals surface area contributed by atoms with E-state index in [0.29, 0.717) is 11.4 Å². The molecule has 6 nitrogen and oxygen atoms in total. The van der Waals surface area contributed by atoms with Crippen LogP contribution in [-0.2, 0) is 0 Å². The normalized spacial score (nSPS) is 13.6. The topological polar surface area (TPSA) is 90.5 Å². The number of hydrogen-bond acceptors (Lipinski definition) is 4. The van der Waals surface area contributed by atoms with Crippen LogP contribution in [0.15, 0.2) is 103 Å². The summed E-state index contributed by atoms with van der Waals surface area (Å²) in [5.74, 6) is 1.34. The van der Waals surface area contributed by atoms with Gasteiger partial charge in [0.2, 0.25) is 0 Å². The zero-order valence-electron chi connectivity index (χ0n) is 20.8. The minimum absolute atomic E-state index is 0.144. The Morgan fingerprint density at radius 2 is 0.892 bits per heavy atom. The maximum absolute atomic E-state index is 11.0. The number of H-pyrrole nitrogens is 2. The molecule has 0 spiro atoms. The highest BCUT2D eigenvalue weighted by molar-refractivity contribution is 5.42. The Kier molecular flexibility index (Phi) is 7.12. The van der Waals surface area contributed by atoms with Crippen LogP contribution >= 0.6 is 0 Å². The smallest absolute Gasteiger partial charge is 0.119 e. The first-order valence-corrected chi connectivity index (χ1v) is 12.1. The van der Waals surface area contributed by atoms with E-state index in [0.717, 1.165) is 39.6 Å². The van der Waals surface area contributed by atoms with Crippen LogP contribution in [-0.4, -0.2) is 34.4 Å². The van der Waals surface area contributed by atoms with E-state index in [1.807, 2.05) is 91.0 Å². The molecule has 0 bridgehead atoms. The predicted molar refractivity (Wildman–Crippen MR) is 143 cm³/mol. The van der Waals surface area contributed by atoms with Crippen LogP contribution in [0.4, 0.5) is 0 Å². The summed E-state index contributed by atoms with van der Waals surface area (Å²) in [4.78, 5) is 6.88. The number of nitrogens with one attached hydrogen (secondary N) is 2. The second-order valence-corrected chi connectivity index (χ2v) is 8.93. The third kappa shape index (κ3) is 5.16. The standard InChI is InChI=1S/C31H30N2O4/c1-36-23-12-8-21(9-13-23)30(34)27-18-16-25(32-27)29(20-6-4-3-5-7-20)26-17-19-28(33-26)31(35)22-10-14-24(37-2)15-11-22/h3-19,29-35H,1-2H3. The van der Waals surface area contributed by atoms with E-state index in [-0.39, 0.29) is 5.92 Å². The lowest BCUT2D eigenvalue weighted by atomic mass is 9.93. The van der Waals surface area contributed by atoms with E-state index in [1.165, 1.54) is 0 Å². The van der Waals surface area contributed by atoms with E-state index in [2.05, 4.69) is 22.1 Å². The summed E-state index contributed by atoms with van der Waals surface area (Å²) < 4.78 is 10.5. The van der Waals surface area contributed by atoms with E-state index in [4.69, 9.17) is 9.47 Å². The van der Waals surface area contributed by atoms with Gasteiger partial charge in [0.15, 0.2) is 0 Å². The van der Waals surface area contributed by atoms with Crippen molar-refractivity contribution in [2.75, 3.05) is 14.2 Å². The van der Waals surface area contributed by atoms with Gasteiger partial charge in [-0.3, -0.25) is 0 Å². The predicted octanol–water partition coefficient (Wildman–Crippen LogP) is 5.70. The molecule has 0 fully saturated rings. The fraction of sp³-hybridized carbons (Fsp3) is 0.161. The molecule has 2 atom stereocenters. The van der Waals surface area contributed by atoms with Gasteiger partial charge in [-0.15, -0.1) is 0 Å². The van der Waals surface area contributed by atoms with Crippen molar-refractivity contribution < 1.29 is 19.7 Å². The number of benzene rings is 3. The van der Waals surface area contributed by atoms with Crippen molar-refractivity contribution in [1.82, 2.24) is 9.97 Å². The SMILES string of the molecule is COc1ccc(C(O)c2ccc(C(c3ccccc3)c3ccc(C(O)c4ccc(OC)cc4)[nH]3)[nH]2)cc1. The molecule has 0 saturated heterocycles. The summed E-state index contributed by atoms with van der Waals surface area (Å²) in [5.41, 5.74) is 5.90. The van der Waals surface area contributed by atoms with Crippen LogP contribution in [0, 0.1) is 0 Å². The van der Waals surface area contributed by atoms with E-state index in [1.54, 1.807) is 14.2 Å². The minimum atomic E-state index is -0.799. The lowest BCUT2D eigenvalue weighted by Crippen LogP contribution is -2.07. The summed E-state index contributed by atoms with van der Waals surface area (Å²) in [6, 6.07) is 32.8. The molecule has 37 heavy (non-hydrogen) atoms. The first kappa shape index (κ1) is 24.4. The van der Waals surface area contributed by atoms with Gasteiger partial charge in [0.25, 0.3) is 0 Å². The minimum Gasteiger partial charge on any atom is -0.497 e. The first-order valence-electron chi connectivity index (χ1n) is 12.1. The molecule has 0 amide bonds. The van der Waals surface area contributed by atoms with E-state index in [9.17, 15) is 10.2 Å². The fourth-order valence-corrected chi connectivity index (χ4v) is 4.62. The molecule has 2 unspecified atom stereocenters. The molecule has 5 aromatic rings. The highest BCUT2D eigenvalue weighted by Gasteiger charge is 2.23. The number of rotatable bonds is 9. The van der Waals surface area contributed by atoms with Gasteiger partial charge in [0, 0.05) is 22.8 Å². The number of methoxy groups -OCH3 is 2. The van der Waals surface area contributed by atoms with Crippen molar-refractivity contribution in [3.63, 3.8) is 0 Å². The molecule has 0 aliphatic heterocycles. The fourth-order valence-electron chi connectivity index (χ4n) is 4.62. The van der Waals surface area contributed by atoms with Gasteiger partial charge in [-0.05, 0) is 65.2 Å². The zero-order chi connectivity index (χ0) is 25.8. The summed E-state index contributed by atoms with van der Waals surface area (Å²) in [6.07, 6.45) is -1.60. The van der Waals surface area contributed by atoms with Gasteiger partial charge in [0.05, 0.1) is 20.1 Å². The Balaban J connectivity index is 1.45. The van der Waals surface area contributed by atoms with Crippen molar-refractivity contribution in [1.29, 1.82) is 0 Å². The molecule has 3 aromatic carbocycles. The van der Waals surface area contributed by atoms with Crippen LogP contribution in [0.1, 0.15) is 57.6 Å². The number of ether oxygens (including phenoxy) is 2. The average molecular weight is 495 g/mol. The zero-order valence-corrected chi connectivity index (χ0v) is 20.8. The van der Waals surface area contributed by atoms with E-state index >= 15 is 0 Å². The van der Waals surface area contributed by atoms with Crippen LogP contribution in [0.3, 0.4) is 0 Å². The molecular formula is C31H30N2O4. The second-order valence-electron chi connectivity index (χ2n) is 8.93. The summed E-state index contributed by atoms with van der Waals surface area (Å²) in [6.45, 7) is 0. The lowest BCUT2D eigenvalue weighted by Gasteiger charge is -2.17. The Labute approximate surface area is 216 Å². The summed E-state index contributed by atoms with van der Waals surface area (Å²) in [7, 11) is 3.24. The van der Waals surface area contributed by atoms with Crippen molar-refractivity contribution >= 4 is 0 Å². The van der Waals surface area contributed by atoms with Crippen molar-refractivity contribution in [3.8, 4) is 11.5 Å². The van der Waals surface area contributed by atoms with E-state index < -0.39 is 12.2 Å². The number of aliphatic hydroxyl groups is 2. The van der Waals surface area contributed by atoms with Crippen molar-refractivity contribution in [2.45, 2.75) is 18.1 Å². The number of aromatic amines is 2. The molecule has 6 heteroatoms. The largest absolute Gasteiger partial charge is 0.497 e. The molecular weight excluding hydrogens is 464 g/mol. The van der Waals surface area contributed by atoms with Gasteiger partial charge in [-0.25, -0.2) is 0 Å². The maximum atomic E-state index is 11.0. The maximum Gasteiger partial charge on any atom is 0.119 e. The van der Waals surface area contributed by atoms with Gasteiger partial charge < -0.3 is 29.7 Å². The van der Waals surface area contributed by atoms with Crippen LogP contribution in [0.2, 0.25) is 0 Å². The number of aliphatic hydroxyl groups excluding tert-OH is 2. The molecule has 5 rings (SSSR count). The van der Waals surface area contributed by atoms with Crippen LogP contribution in [0.25, 0.3) is 0 Å². The third-order valence-corrected chi connectivity index (χ3v) is 6.67. The van der Waals surface area contributed by atoms with Crippen LogP contribution in [0.5, 0.6) is 11.5 Å². The second kappa shape index (κ2) is 10.8. The Hall–Kier alpha value is -4.26.